The summed E-state index contributed by atoms with van der Waals surface area (Å²) in [5, 5.41) is 5.01. The van der Waals surface area contributed by atoms with Crippen LogP contribution < -0.4 is 5.32 Å². The summed E-state index contributed by atoms with van der Waals surface area (Å²) < 4.78 is 79.4. The maximum absolute atomic E-state index is 13.2. The summed E-state index contributed by atoms with van der Waals surface area (Å²) >= 11 is 0. The van der Waals surface area contributed by atoms with Crippen LogP contribution in [0.2, 0.25) is 0 Å². The van der Waals surface area contributed by atoms with Crippen LogP contribution >= 0.6 is 0 Å². The van der Waals surface area contributed by atoms with Gasteiger partial charge in [-0.2, -0.15) is 13.2 Å². The highest BCUT2D eigenvalue weighted by Gasteiger charge is 2.30. The van der Waals surface area contributed by atoms with Gasteiger partial charge in [-0.1, -0.05) is 60.6 Å². The van der Waals surface area contributed by atoms with Gasteiger partial charge in [-0.3, -0.25) is 0 Å². The van der Waals surface area contributed by atoms with Gasteiger partial charge in [-0.25, -0.2) is 0 Å². The fourth-order valence-corrected chi connectivity index (χ4v) is 2.84. The van der Waals surface area contributed by atoms with Gasteiger partial charge >= 0.3 is 6.18 Å². The monoisotopic (exact) mass is 362 g/mol. The quantitative estimate of drug-likeness (QED) is 0.519. The van der Waals surface area contributed by atoms with Crippen LogP contribution in [0.3, 0.4) is 0 Å². The molecule has 0 saturated carbocycles. The van der Waals surface area contributed by atoms with E-state index in [-0.39, 0.29) is 24.9 Å². The number of nitrogens with one attached hydrogen (secondary N) is 1. The van der Waals surface area contributed by atoms with Gasteiger partial charge in [-0.05, 0) is 54.3 Å². The normalized spacial score (nSPS) is 17.0. The van der Waals surface area contributed by atoms with Crippen molar-refractivity contribution in [2.75, 3.05) is 6.54 Å². The van der Waals surface area contributed by atoms with E-state index in [2.05, 4.69) is 5.32 Å². The maximum Gasteiger partial charge on any atom is 0.416 e. The average molecular weight is 362 g/mol. The fourth-order valence-electron chi connectivity index (χ4n) is 2.84. The first-order valence-corrected chi connectivity index (χ1v) is 8.35. The topological polar surface area (TPSA) is 12.0 Å². The van der Waals surface area contributed by atoms with Gasteiger partial charge in [0.25, 0.3) is 0 Å². The zero-order chi connectivity index (χ0) is 23.0. The molecule has 4 heteroatoms. The van der Waals surface area contributed by atoms with Gasteiger partial charge in [0.2, 0.25) is 0 Å². The van der Waals surface area contributed by atoms with E-state index in [9.17, 15) is 13.2 Å². The Kier molecular flexibility index (Phi) is 3.94. The zero-order valence-corrected chi connectivity index (χ0v) is 14.3. The minimum absolute atomic E-state index is 0.0362. The molecule has 0 amide bonds. The van der Waals surface area contributed by atoms with Crippen molar-refractivity contribution in [1.29, 1.82) is 0 Å². The van der Waals surface area contributed by atoms with Gasteiger partial charge < -0.3 is 5.32 Å². The summed E-state index contributed by atoms with van der Waals surface area (Å²) in [6.07, 6.45) is -4.70. The van der Waals surface area contributed by atoms with Gasteiger partial charge in [-0.15, -0.1) is 0 Å². The first-order chi connectivity index (χ1) is 14.4. The highest BCUT2D eigenvalue weighted by molar-refractivity contribution is 5.86. The molecule has 3 aromatic rings. The molecular weight excluding hydrogens is 335 g/mol. The number of benzene rings is 3. The highest BCUT2D eigenvalue weighted by atomic mass is 19.4. The Morgan fingerprint density at radius 2 is 1.88 bits per heavy atom. The van der Waals surface area contributed by atoms with Crippen molar-refractivity contribution >= 4 is 10.8 Å². The lowest BCUT2D eigenvalue weighted by Crippen LogP contribution is -2.20. The SMILES string of the molecule is [2H]c1c([2H])c(CCCN[C@@]([2H])(C)c2cccc3ccccc23)c([2H])c(C(F)(F)F)c1[2H]. The van der Waals surface area contributed by atoms with Crippen molar-refractivity contribution in [3.05, 3.63) is 83.3 Å². The Labute approximate surface area is 158 Å². The Hall–Kier alpha value is -2.33. The fraction of sp³-hybridized carbons (Fsp3) is 0.273. The molecule has 26 heavy (non-hydrogen) atoms. The van der Waals surface area contributed by atoms with Crippen LogP contribution in [-0.4, -0.2) is 6.54 Å². The molecule has 136 valence electrons. The predicted octanol–water partition coefficient (Wildman–Crippen LogP) is 6.14. The molecule has 0 radical (unpaired) electrons. The second kappa shape index (κ2) is 7.92. The molecule has 0 aliphatic heterocycles. The Morgan fingerprint density at radius 1 is 1.12 bits per heavy atom. The van der Waals surface area contributed by atoms with Crippen LogP contribution in [0.1, 0.15) is 42.9 Å². The second-order valence-electron chi connectivity index (χ2n) is 6.03. The van der Waals surface area contributed by atoms with Crippen LogP contribution in [0.25, 0.3) is 10.8 Å². The van der Waals surface area contributed by atoms with Crippen LogP contribution in [-0.2, 0) is 12.6 Å². The Morgan fingerprint density at radius 3 is 2.69 bits per heavy atom. The molecule has 0 unspecified atom stereocenters. The molecule has 0 saturated heterocycles. The number of halogens is 3. The first-order valence-electron chi connectivity index (χ1n) is 10.8. The molecule has 0 bridgehead atoms. The first kappa shape index (κ1) is 12.9. The molecule has 0 fully saturated rings. The summed E-state index contributed by atoms with van der Waals surface area (Å²) in [6, 6.07) is 8.78. The lowest BCUT2D eigenvalue weighted by Gasteiger charge is -2.17. The molecule has 0 aromatic heterocycles. The lowest BCUT2D eigenvalue weighted by molar-refractivity contribution is -0.137. The minimum atomic E-state index is -4.93. The zero-order valence-electron chi connectivity index (χ0n) is 19.3. The largest absolute Gasteiger partial charge is 0.416 e. The summed E-state index contributed by atoms with van der Waals surface area (Å²) in [5.41, 5.74) is -0.913. The van der Waals surface area contributed by atoms with Crippen molar-refractivity contribution in [2.45, 2.75) is 32.0 Å². The third-order valence-corrected chi connectivity index (χ3v) is 4.15. The Bertz CT molecular complexity index is 1110. The van der Waals surface area contributed by atoms with Gasteiger partial charge in [0.1, 0.15) is 0 Å². The number of hydrogen-bond donors (Lipinski definition) is 1. The van der Waals surface area contributed by atoms with Crippen molar-refractivity contribution in [3.63, 3.8) is 0 Å². The average Bonchev–Trinajstić information content (AvgIpc) is 2.70. The molecule has 0 aliphatic carbocycles. The van der Waals surface area contributed by atoms with E-state index >= 15 is 0 Å². The number of fused-ring (bicyclic) bond motifs is 1. The van der Waals surface area contributed by atoms with E-state index in [0.29, 0.717) is 0 Å². The van der Waals surface area contributed by atoms with E-state index in [1.165, 1.54) is 0 Å². The second-order valence-corrected chi connectivity index (χ2v) is 6.03. The van der Waals surface area contributed by atoms with Gasteiger partial charge in [0.05, 0.1) is 12.4 Å². The van der Waals surface area contributed by atoms with Crippen molar-refractivity contribution in [1.82, 2.24) is 5.32 Å². The van der Waals surface area contributed by atoms with E-state index in [1.807, 2.05) is 42.5 Å². The van der Waals surface area contributed by atoms with E-state index in [0.717, 1.165) is 16.3 Å². The van der Waals surface area contributed by atoms with E-state index in [4.69, 9.17) is 6.85 Å². The number of hydrogen-bond acceptors (Lipinski definition) is 1. The number of rotatable bonds is 6. The van der Waals surface area contributed by atoms with Crippen LogP contribution in [0, 0.1) is 0 Å². The molecule has 0 spiro atoms. The molecule has 1 N–H and O–H groups in total. The van der Waals surface area contributed by atoms with Gasteiger partial charge in [0.15, 0.2) is 0 Å². The molecule has 0 aliphatic rings. The van der Waals surface area contributed by atoms with E-state index < -0.39 is 41.9 Å². The Balaban J connectivity index is 1.77. The van der Waals surface area contributed by atoms with E-state index in [1.54, 1.807) is 6.92 Å². The van der Waals surface area contributed by atoms with Crippen molar-refractivity contribution in [2.24, 2.45) is 0 Å². The van der Waals surface area contributed by atoms with Crippen LogP contribution in [0.4, 0.5) is 13.2 Å². The summed E-state index contributed by atoms with van der Waals surface area (Å²) in [4.78, 5) is 0. The van der Waals surface area contributed by atoms with Gasteiger partial charge in [0, 0.05) is 6.02 Å². The summed E-state index contributed by atoms with van der Waals surface area (Å²) in [5.74, 6) is 0. The number of alkyl halides is 3. The van der Waals surface area contributed by atoms with Crippen LogP contribution in [0.5, 0.6) is 0 Å². The smallest absolute Gasteiger partial charge is 0.310 e. The molecule has 3 aromatic carbocycles. The third kappa shape index (κ3) is 4.44. The molecule has 0 heterocycles. The maximum atomic E-state index is 13.2. The molecule has 1 nitrogen and oxygen atoms in total. The minimum Gasteiger partial charge on any atom is -0.310 e. The highest BCUT2D eigenvalue weighted by Crippen LogP contribution is 2.29. The standard InChI is InChI=1S/C22H22F3N/c1-16(20-13-5-10-18-9-2-3-12-21(18)20)26-14-6-8-17-7-4-11-19(15-17)22(23,24)25/h2-5,7,9-13,15-16,26H,6,8,14H2,1H3/t16-/m0/s1/i4D,7D,11D,15D,16D. The lowest BCUT2D eigenvalue weighted by atomic mass is 9.99. The van der Waals surface area contributed by atoms with Crippen LogP contribution in [0.15, 0.2) is 66.6 Å². The van der Waals surface area contributed by atoms with Crippen molar-refractivity contribution < 1.29 is 20.0 Å². The summed E-state index contributed by atoms with van der Waals surface area (Å²) in [7, 11) is 0. The molecule has 3 rings (SSSR count). The molecular formula is C22H22F3N. The van der Waals surface area contributed by atoms with Crippen molar-refractivity contribution in [3.8, 4) is 0 Å². The molecule has 1 atom stereocenters. The summed E-state index contributed by atoms with van der Waals surface area (Å²) in [6.45, 7) is 1.96. The predicted molar refractivity (Wildman–Crippen MR) is 100 cm³/mol. The third-order valence-electron chi connectivity index (χ3n) is 4.15.